The smallest absolute Gasteiger partial charge is 0.258 e. The van der Waals surface area contributed by atoms with Crippen LogP contribution in [0.2, 0.25) is 0 Å². The van der Waals surface area contributed by atoms with E-state index < -0.39 is 9.85 Å². The summed E-state index contributed by atoms with van der Waals surface area (Å²) in [6.45, 7) is 0. The Balaban J connectivity index is 1.99. The maximum Gasteiger partial charge on any atom is 0.269 e. The first-order chi connectivity index (χ1) is 10.6. The lowest BCUT2D eigenvalue weighted by Crippen LogP contribution is -1.85. The molecule has 2 aromatic rings. The van der Waals surface area contributed by atoms with Gasteiger partial charge in [-0.15, -0.1) is 10.2 Å². The van der Waals surface area contributed by atoms with Gasteiger partial charge in [0.1, 0.15) is 0 Å². The molecule has 2 aromatic carbocycles. The molecule has 0 fully saturated rings. The van der Waals surface area contributed by atoms with E-state index in [0.29, 0.717) is 11.4 Å². The van der Waals surface area contributed by atoms with Gasteiger partial charge in [-0.25, -0.2) is 0 Å². The second-order valence-electron chi connectivity index (χ2n) is 3.93. The summed E-state index contributed by atoms with van der Waals surface area (Å²) in [5.41, 5.74) is 0.666. The van der Waals surface area contributed by atoms with Crippen LogP contribution in [0.4, 0.5) is 22.7 Å². The number of benzene rings is 2. The molecule has 22 heavy (non-hydrogen) atoms. The minimum atomic E-state index is -0.519. The minimum Gasteiger partial charge on any atom is -0.258 e. The van der Waals surface area contributed by atoms with Crippen LogP contribution in [-0.2, 0) is 0 Å². The third-order valence-corrected chi connectivity index (χ3v) is 2.48. The molecular formula is C12H8N6O4. The quantitative estimate of drug-likeness (QED) is 0.462. The molecule has 0 heterocycles. The lowest BCUT2D eigenvalue weighted by Gasteiger charge is -1.91. The Bertz CT molecular complexity index is 674. The summed E-state index contributed by atoms with van der Waals surface area (Å²) in [6, 6.07) is 10.9. The first kappa shape index (κ1) is 14.8. The van der Waals surface area contributed by atoms with Crippen LogP contribution in [0.15, 0.2) is 69.2 Å². The summed E-state index contributed by atoms with van der Waals surface area (Å²) in [4.78, 5) is 19.9. The molecule has 0 radical (unpaired) electrons. The molecule has 110 valence electrons. The number of nitro groups is 2. The molecule has 0 saturated heterocycles. The molecule has 10 nitrogen and oxygen atoms in total. The predicted molar refractivity (Wildman–Crippen MR) is 75.2 cm³/mol. The van der Waals surface area contributed by atoms with Gasteiger partial charge in [-0.3, -0.25) is 20.2 Å². The van der Waals surface area contributed by atoms with Gasteiger partial charge >= 0.3 is 0 Å². The SMILES string of the molecule is O=[N+]([O-])c1ccc(N=NN=Nc2ccc([N+](=O)[O-])cc2)cc1. The second kappa shape index (κ2) is 6.74. The van der Waals surface area contributed by atoms with Crippen LogP contribution in [0.5, 0.6) is 0 Å². The number of hydrogen-bond acceptors (Lipinski definition) is 6. The van der Waals surface area contributed by atoms with E-state index in [9.17, 15) is 20.2 Å². The van der Waals surface area contributed by atoms with Crippen molar-refractivity contribution in [1.29, 1.82) is 0 Å². The van der Waals surface area contributed by atoms with E-state index in [1.807, 2.05) is 0 Å². The predicted octanol–water partition coefficient (Wildman–Crippen LogP) is 4.29. The summed E-state index contributed by atoms with van der Waals surface area (Å²) in [7, 11) is 0. The van der Waals surface area contributed by atoms with Gasteiger partial charge < -0.3 is 0 Å². The first-order valence-electron chi connectivity index (χ1n) is 5.87. The van der Waals surface area contributed by atoms with Crippen LogP contribution in [0.1, 0.15) is 0 Å². The Hall–Kier alpha value is -3.56. The van der Waals surface area contributed by atoms with E-state index >= 15 is 0 Å². The fourth-order valence-corrected chi connectivity index (χ4v) is 1.43. The van der Waals surface area contributed by atoms with Crippen molar-refractivity contribution in [3.05, 3.63) is 68.8 Å². The van der Waals surface area contributed by atoms with Crippen molar-refractivity contribution in [1.82, 2.24) is 0 Å². The molecule has 2 rings (SSSR count). The van der Waals surface area contributed by atoms with Crippen molar-refractivity contribution < 1.29 is 9.85 Å². The molecule has 0 N–H and O–H groups in total. The average Bonchev–Trinajstić information content (AvgIpc) is 2.52. The minimum absolute atomic E-state index is 0.0496. The van der Waals surface area contributed by atoms with Crippen molar-refractivity contribution >= 4 is 22.7 Å². The highest BCUT2D eigenvalue weighted by atomic mass is 16.6. The van der Waals surface area contributed by atoms with Gasteiger partial charge in [0.15, 0.2) is 0 Å². The highest BCUT2D eigenvalue weighted by Crippen LogP contribution is 2.20. The number of hydrogen-bond donors (Lipinski definition) is 0. The van der Waals surface area contributed by atoms with Crippen LogP contribution in [0, 0.1) is 20.2 Å². The maximum absolute atomic E-state index is 10.5. The zero-order valence-corrected chi connectivity index (χ0v) is 10.9. The van der Waals surface area contributed by atoms with Gasteiger partial charge in [0, 0.05) is 24.3 Å². The normalized spacial score (nSPS) is 11.1. The Morgan fingerprint density at radius 3 is 1.23 bits per heavy atom. The second-order valence-corrected chi connectivity index (χ2v) is 3.93. The first-order valence-corrected chi connectivity index (χ1v) is 5.87. The number of nitrogens with zero attached hydrogens (tertiary/aromatic N) is 6. The zero-order valence-electron chi connectivity index (χ0n) is 10.9. The monoisotopic (exact) mass is 300 g/mol. The Morgan fingerprint density at radius 2 is 0.955 bits per heavy atom. The topological polar surface area (TPSA) is 136 Å². The highest BCUT2D eigenvalue weighted by molar-refractivity contribution is 5.44. The molecule has 0 aliphatic carbocycles. The van der Waals surface area contributed by atoms with Crippen LogP contribution in [0.3, 0.4) is 0 Å². The van der Waals surface area contributed by atoms with Crippen LogP contribution in [0.25, 0.3) is 0 Å². The van der Waals surface area contributed by atoms with E-state index in [0.717, 1.165) is 0 Å². The van der Waals surface area contributed by atoms with Crippen molar-refractivity contribution in [3.8, 4) is 0 Å². The van der Waals surface area contributed by atoms with Crippen molar-refractivity contribution in [2.24, 2.45) is 20.7 Å². The van der Waals surface area contributed by atoms with Gasteiger partial charge in [0.25, 0.3) is 11.4 Å². The molecule has 0 aliphatic rings. The van der Waals surface area contributed by atoms with E-state index in [1.54, 1.807) is 0 Å². The van der Waals surface area contributed by atoms with Gasteiger partial charge in [-0.2, -0.15) is 0 Å². The third-order valence-electron chi connectivity index (χ3n) is 2.48. The molecule has 0 aliphatic heterocycles. The highest BCUT2D eigenvalue weighted by Gasteiger charge is 2.03. The summed E-state index contributed by atoms with van der Waals surface area (Å²) in [6.07, 6.45) is 0. The average molecular weight is 300 g/mol. The number of rotatable bonds is 5. The van der Waals surface area contributed by atoms with E-state index in [-0.39, 0.29) is 11.4 Å². The number of non-ortho nitro benzene ring substituents is 2. The van der Waals surface area contributed by atoms with Gasteiger partial charge in [0.05, 0.1) is 21.2 Å². The molecule has 0 saturated carbocycles. The molecule has 0 unspecified atom stereocenters. The van der Waals surface area contributed by atoms with Crippen LogP contribution in [-0.4, -0.2) is 9.85 Å². The molecule has 10 heteroatoms. The van der Waals surface area contributed by atoms with E-state index in [4.69, 9.17) is 0 Å². The standard InChI is InChI=1S/C12H8N6O4/c19-17(20)11-5-1-9(2-6-11)13-15-16-14-10-3-7-12(8-4-10)18(21)22/h1-8H. The van der Waals surface area contributed by atoms with Crippen LogP contribution >= 0.6 is 0 Å². The van der Waals surface area contributed by atoms with E-state index in [1.165, 1.54) is 48.5 Å². The number of nitro benzene ring substituents is 2. The van der Waals surface area contributed by atoms with Crippen LogP contribution < -0.4 is 0 Å². The molecule has 0 aromatic heterocycles. The van der Waals surface area contributed by atoms with Crippen molar-refractivity contribution in [3.63, 3.8) is 0 Å². The zero-order chi connectivity index (χ0) is 15.9. The molecule has 0 atom stereocenters. The summed E-state index contributed by atoms with van der Waals surface area (Å²) >= 11 is 0. The Kier molecular flexibility index (Phi) is 4.55. The molecule has 0 amide bonds. The summed E-state index contributed by atoms with van der Waals surface area (Å²) in [5.74, 6) is 0. The maximum atomic E-state index is 10.5. The Labute approximate surface area is 123 Å². The lowest BCUT2D eigenvalue weighted by atomic mass is 10.3. The summed E-state index contributed by atoms with van der Waals surface area (Å²) < 4.78 is 0. The van der Waals surface area contributed by atoms with Gasteiger partial charge in [-0.05, 0) is 34.7 Å². The lowest BCUT2D eigenvalue weighted by molar-refractivity contribution is -0.385. The van der Waals surface area contributed by atoms with Crippen molar-refractivity contribution in [2.45, 2.75) is 0 Å². The van der Waals surface area contributed by atoms with Gasteiger partial charge in [-0.1, -0.05) is 0 Å². The Morgan fingerprint density at radius 1 is 0.636 bits per heavy atom. The summed E-state index contributed by atoms with van der Waals surface area (Å²) in [5, 5.41) is 35.2. The third kappa shape index (κ3) is 3.96. The molecule has 0 spiro atoms. The fourth-order valence-electron chi connectivity index (χ4n) is 1.43. The largest absolute Gasteiger partial charge is 0.269 e. The van der Waals surface area contributed by atoms with Gasteiger partial charge in [0.2, 0.25) is 0 Å². The van der Waals surface area contributed by atoms with E-state index in [2.05, 4.69) is 20.7 Å². The fraction of sp³-hybridized carbons (Fsp3) is 0. The van der Waals surface area contributed by atoms with Crippen molar-refractivity contribution in [2.75, 3.05) is 0 Å². The molecular weight excluding hydrogens is 292 g/mol. The molecule has 0 bridgehead atoms.